The molecule has 1 N–H and O–H groups in total. The van der Waals surface area contributed by atoms with Crippen LogP contribution >= 0.6 is 11.3 Å². The highest BCUT2D eigenvalue weighted by Gasteiger charge is 2.26. The van der Waals surface area contributed by atoms with E-state index in [1.807, 2.05) is 6.08 Å². The summed E-state index contributed by atoms with van der Waals surface area (Å²) in [6, 6.07) is 9.12. The van der Waals surface area contributed by atoms with Crippen LogP contribution in [0.3, 0.4) is 0 Å². The number of benzene rings is 1. The first-order valence-corrected chi connectivity index (χ1v) is 9.69. The first-order valence-electron chi connectivity index (χ1n) is 8.75. The second-order valence-electron chi connectivity index (χ2n) is 6.48. The summed E-state index contributed by atoms with van der Waals surface area (Å²) in [5.74, 6) is -0.203. The Morgan fingerprint density at radius 1 is 1.20 bits per heavy atom. The molecule has 5 heteroatoms. The molecule has 0 saturated carbocycles. The van der Waals surface area contributed by atoms with E-state index in [0.717, 1.165) is 44.7 Å². The quantitative estimate of drug-likeness (QED) is 0.819. The number of aliphatic hydroxyl groups is 1. The number of halogens is 1. The maximum atomic E-state index is 12.9. The van der Waals surface area contributed by atoms with Crippen molar-refractivity contribution in [3.63, 3.8) is 0 Å². The van der Waals surface area contributed by atoms with Gasteiger partial charge in [0.05, 0.1) is 0 Å². The van der Waals surface area contributed by atoms with Gasteiger partial charge in [-0.25, -0.2) is 4.39 Å². The molecule has 134 valence electrons. The van der Waals surface area contributed by atoms with E-state index >= 15 is 0 Å². The van der Waals surface area contributed by atoms with Crippen molar-refractivity contribution in [3.05, 3.63) is 64.1 Å². The summed E-state index contributed by atoms with van der Waals surface area (Å²) in [5, 5.41) is 13.7. The van der Waals surface area contributed by atoms with E-state index in [1.54, 1.807) is 23.5 Å². The molecule has 1 aromatic heterocycles. The Morgan fingerprint density at radius 3 is 2.76 bits per heavy atom. The Balaban J connectivity index is 1.53. The highest BCUT2D eigenvalue weighted by molar-refractivity contribution is 7.07. The van der Waals surface area contributed by atoms with Crippen LogP contribution in [0.25, 0.3) is 6.08 Å². The zero-order valence-corrected chi connectivity index (χ0v) is 15.2. The number of hydrogen-bond acceptors (Lipinski definition) is 4. The predicted octanol–water partition coefficient (Wildman–Crippen LogP) is 3.47. The Kier molecular flexibility index (Phi) is 6.76. The fourth-order valence-electron chi connectivity index (χ4n) is 3.28. The zero-order chi connectivity index (χ0) is 17.5. The van der Waals surface area contributed by atoms with E-state index in [9.17, 15) is 9.50 Å². The van der Waals surface area contributed by atoms with Crippen molar-refractivity contribution in [3.8, 4) is 0 Å². The van der Waals surface area contributed by atoms with Crippen LogP contribution in [0.2, 0.25) is 0 Å². The van der Waals surface area contributed by atoms with Crippen LogP contribution in [0.4, 0.5) is 4.39 Å². The third-order valence-electron chi connectivity index (χ3n) is 4.66. The van der Waals surface area contributed by atoms with E-state index < -0.39 is 0 Å². The summed E-state index contributed by atoms with van der Waals surface area (Å²) < 4.78 is 12.9. The van der Waals surface area contributed by atoms with E-state index in [2.05, 4.69) is 32.7 Å². The Bertz CT molecular complexity index is 657. The molecule has 1 unspecified atom stereocenters. The molecule has 3 rings (SSSR count). The number of hydrogen-bond donors (Lipinski definition) is 1. The zero-order valence-electron chi connectivity index (χ0n) is 14.4. The molecule has 1 atom stereocenters. The molecule has 0 radical (unpaired) electrons. The van der Waals surface area contributed by atoms with Gasteiger partial charge in [0.25, 0.3) is 0 Å². The van der Waals surface area contributed by atoms with E-state index in [-0.39, 0.29) is 12.4 Å². The van der Waals surface area contributed by atoms with Gasteiger partial charge >= 0.3 is 0 Å². The Morgan fingerprint density at radius 2 is 2.04 bits per heavy atom. The van der Waals surface area contributed by atoms with Crippen LogP contribution in [0.15, 0.2) is 47.2 Å². The second-order valence-corrected chi connectivity index (χ2v) is 7.26. The van der Waals surface area contributed by atoms with E-state index in [4.69, 9.17) is 0 Å². The van der Waals surface area contributed by atoms with Gasteiger partial charge in [-0.15, -0.1) is 0 Å². The molecule has 0 amide bonds. The number of aliphatic hydroxyl groups excluding tert-OH is 1. The summed E-state index contributed by atoms with van der Waals surface area (Å²) in [4.78, 5) is 4.91. The minimum atomic E-state index is -0.203. The van der Waals surface area contributed by atoms with E-state index in [0.29, 0.717) is 6.04 Å². The van der Waals surface area contributed by atoms with Crippen LogP contribution in [-0.2, 0) is 6.54 Å². The van der Waals surface area contributed by atoms with Crippen molar-refractivity contribution in [2.75, 3.05) is 32.8 Å². The van der Waals surface area contributed by atoms with Crippen LogP contribution in [0.1, 0.15) is 17.5 Å². The molecule has 0 bridgehead atoms. The molecule has 1 aliphatic heterocycles. The summed E-state index contributed by atoms with van der Waals surface area (Å²) in [6.07, 6.45) is 4.98. The van der Waals surface area contributed by atoms with Crippen molar-refractivity contribution in [2.45, 2.75) is 19.0 Å². The second kappa shape index (κ2) is 9.25. The summed E-state index contributed by atoms with van der Waals surface area (Å²) in [7, 11) is 0. The number of thiophene rings is 1. The highest BCUT2D eigenvalue weighted by Crippen LogP contribution is 2.18. The molecule has 2 heterocycles. The van der Waals surface area contributed by atoms with Crippen LogP contribution in [0, 0.1) is 5.82 Å². The SMILES string of the molecule is OCCC1CN(C/C=C/c2ccc(F)cc2)CCN1Cc1ccsc1. The normalized spacial score (nSPS) is 19.7. The summed E-state index contributed by atoms with van der Waals surface area (Å²) >= 11 is 1.73. The fraction of sp³-hybridized carbons (Fsp3) is 0.400. The lowest BCUT2D eigenvalue weighted by atomic mass is 10.1. The Labute approximate surface area is 153 Å². The van der Waals surface area contributed by atoms with Gasteiger partial charge in [0.1, 0.15) is 5.82 Å². The monoisotopic (exact) mass is 360 g/mol. The topological polar surface area (TPSA) is 26.7 Å². The smallest absolute Gasteiger partial charge is 0.123 e. The molecular formula is C20H25FN2OS. The minimum absolute atomic E-state index is 0.203. The lowest BCUT2D eigenvalue weighted by Crippen LogP contribution is -2.52. The van der Waals surface area contributed by atoms with Crippen molar-refractivity contribution in [2.24, 2.45) is 0 Å². The maximum absolute atomic E-state index is 12.9. The van der Waals surface area contributed by atoms with Crippen LogP contribution < -0.4 is 0 Å². The summed E-state index contributed by atoms with van der Waals surface area (Å²) in [5.41, 5.74) is 2.38. The maximum Gasteiger partial charge on any atom is 0.123 e. The molecule has 1 saturated heterocycles. The van der Waals surface area contributed by atoms with Crippen molar-refractivity contribution < 1.29 is 9.50 Å². The number of piperazine rings is 1. The number of nitrogens with zero attached hydrogens (tertiary/aromatic N) is 2. The molecular weight excluding hydrogens is 335 g/mol. The number of rotatable bonds is 7. The van der Waals surface area contributed by atoms with Gasteiger partial charge in [0.2, 0.25) is 0 Å². The lowest BCUT2D eigenvalue weighted by molar-refractivity contribution is 0.0598. The predicted molar refractivity (Wildman–Crippen MR) is 102 cm³/mol. The molecule has 1 fully saturated rings. The first kappa shape index (κ1) is 18.3. The molecule has 2 aromatic rings. The standard InChI is InChI=1S/C20H25FN2OS/c21-19-5-3-17(4-6-19)2-1-9-22-10-11-23(20(15-22)7-12-24)14-18-8-13-25-16-18/h1-6,8,13,16,20,24H,7,9-12,14-15H2/b2-1+. The average molecular weight is 360 g/mol. The molecule has 3 nitrogen and oxygen atoms in total. The van der Waals surface area contributed by atoms with Gasteiger partial charge in [-0.2, -0.15) is 11.3 Å². The van der Waals surface area contributed by atoms with Gasteiger partial charge in [-0.1, -0.05) is 24.3 Å². The van der Waals surface area contributed by atoms with Gasteiger partial charge in [-0.05, 0) is 46.5 Å². The average Bonchev–Trinajstić information content (AvgIpc) is 3.12. The fourth-order valence-corrected chi connectivity index (χ4v) is 3.94. The lowest BCUT2D eigenvalue weighted by Gasteiger charge is -2.41. The van der Waals surface area contributed by atoms with Crippen LogP contribution in [-0.4, -0.2) is 53.7 Å². The largest absolute Gasteiger partial charge is 0.396 e. The third-order valence-corrected chi connectivity index (χ3v) is 5.39. The van der Waals surface area contributed by atoms with Crippen LogP contribution in [0.5, 0.6) is 0 Å². The van der Waals surface area contributed by atoms with Crippen molar-refractivity contribution in [1.82, 2.24) is 9.80 Å². The van der Waals surface area contributed by atoms with Gasteiger partial charge in [0, 0.05) is 45.4 Å². The molecule has 25 heavy (non-hydrogen) atoms. The van der Waals surface area contributed by atoms with Gasteiger partial charge in [0.15, 0.2) is 0 Å². The minimum Gasteiger partial charge on any atom is -0.396 e. The molecule has 0 aliphatic carbocycles. The highest BCUT2D eigenvalue weighted by atomic mass is 32.1. The molecule has 1 aliphatic rings. The Hall–Kier alpha value is -1.53. The summed E-state index contributed by atoms with van der Waals surface area (Å²) in [6.45, 7) is 5.09. The van der Waals surface area contributed by atoms with Gasteiger partial charge in [-0.3, -0.25) is 9.80 Å². The molecule has 0 spiro atoms. The van der Waals surface area contributed by atoms with E-state index in [1.165, 1.54) is 17.7 Å². The van der Waals surface area contributed by atoms with Crippen molar-refractivity contribution in [1.29, 1.82) is 0 Å². The first-order chi connectivity index (χ1) is 12.2. The molecule has 1 aromatic carbocycles. The van der Waals surface area contributed by atoms with Gasteiger partial charge < -0.3 is 5.11 Å². The van der Waals surface area contributed by atoms with Crippen molar-refractivity contribution >= 4 is 17.4 Å². The third kappa shape index (κ3) is 5.47.